The fourth-order valence-corrected chi connectivity index (χ4v) is 2.73. The number of nitrogens with two attached hydrogens (primary N) is 1. The number of aromatic nitrogens is 3. The van der Waals surface area contributed by atoms with Crippen molar-refractivity contribution in [3.05, 3.63) is 10.3 Å². The smallest absolute Gasteiger partial charge is 0.153 e. The van der Waals surface area contributed by atoms with Crippen LogP contribution in [0.25, 0.3) is 0 Å². The minimum absolute atomic E-state index is 0.206. The summed E-state index contributed by atoms with van der Waals surface area (Å²) in [5, 5.41) is 7.90. The van der Waals surface area contributed by atoms with E-state index in [1.165, 1.54) is 0 Å². The summed E-state index contributed by atoms with van der Waals surface area (Å²) in [5.41, 5.74) is 6.88. The Morgan fingerprint density at radius 2 is 2.31 bits per heavy atom. The largest absolute Gasteiger partial charge is 0.373 e. The quantitative estimate of drug-likeness (QED) is 0.896. The molecular formula is C10H17BrN4O. The van der Waals surface area contributed by atoms with Gasteiger partial charge >= 0.3 is 0 Å². The molecule has 90 valence electrons. The number of halogens is 1. The molecule has 0 aromatic carbocycles. The van der Waals surface area contributed by atoms with Crippen molar-refractivity contribution in [1.29, 1.82) is 0 Å². The number of ether oxygens (including phenoxy) is 1. The van der Waals surface area contributed by atoms with Gasteiger partial charge in [0, 0.05) is 13.7 Å². The Kier molecular flexibility index (Phi) is 3.32. The zero-order chi connectivity index (χ0) is 11.8. The molecule has 1 aliphatic heterocycles. The van der Waals surface area contributed by atoms with Crippen LogP contribution in [0.2, 0.25) is 0 Å². The third-order valence-corrected chi connectivity index (χ3v) is 3.84. The lowest BCUT2D eigenvalue weighted by Crippen LogP contribution is -2.44. The highest BCUT2D eigenvalue weighted by Gasteiger charge is 2.38. The van der Waals surface area contributed by atoms with E-state index in [1.807, 2.05) is 7.05 Å². The molecule has 1 aromatic rings. The van der Waals surface area contributed by atoms with Gasteiger partial charge in [0.1, 0.15) is 0 Å². The van der Waals surface area contributed by atoms with Gasteiger partial charge in [-0.3, -0.25) is 0 Å². The summed E-state index contributed by atoms with van der Waals surface area (Å²) >= 11 is 3.38. The van der Waals surface area contributed by atoms with Gasteiger partial charge in [0.05, 0.1) is 17.3 Å². The van der Waals surface area contributed by atoms with Crippen molar-refractivity contribution in [3.63, 3.8) is 0 Å². The standard InChI is InChI=1S/C10H17BrN4O/c1-10(5-3-4-6-16-10)8(12)7-9(11)13-14-15(7)2/h8H,3-6,12H2,1-2H3. The Morgan fingerprint density at radius 3 is 2.81 bits per heavy atom. The van der Waals surface area contributed by atoms with Gasteiger partial charge in [0.25, 0.3) is 0 Å². The van der Waals surface area contributed by atoms with Gasteiger partial charge in [-0.2, -0.15) is 0 Å². The van der Waals surface area contributed by atoms with Crippen molar-refractivity contribution < 1.29 is 4.74 Å². The lowest BCUT2D eigenvalue weighted by atomic mass is 9.87. The molecule has 16 heavy (non-hydrogen) atoms. The van der Waals surface area contributed by atoms with Gasteiger partial charge in [-0.15, -0.1) is 5.10 Å². The van der Waals surface area contributed by atoms with Gasteiger partial charge in [-0.25, -0.2) is 4.68 Å². The lowest BCUT2D eigenvalue weighted by molar-refractivity contribution is -0.0835. The Labute approximate surface area is 103 Å². The minimum atomic E-state index is -0.309. The first-order chi connectivity index (χ1) is 7.54. The second-order valence-electron chi connectivity index (χ2n) is 4.49. The first-order valence-electron chi connectivity index (χ1n) is 5.49. The number of rotatable bonds is 2. The van der Waals surface area contributed by atoms with E-state index in [2.05, 4.69) is 33.2 Å². The van der Waals surface area contributed by atoms with Crippen LogP contribution in [0.1, 0.15) is 37.9 Å². The number of hydrogen-bond acceptors (Lipinski definition) is 4. The SMILES string of the molecule is Cn1nnc(Br)c1C(N)C1(C)CCCCO1. The summed E-state index contributed by atoms with van der Waals surface area (Å²) in [6.07, 6.45) is 3.26. The molecule has 0 aliphatic carbocycles. The Balaban J connectivity index is 2.27. The predicted molar refractivity (Wildman–Crippen MR) is 63.8 cm³/mol. The molecule has 1 aromatic heterocycles. The molecule has 2 unspecified atom stereocenters. The van der Waals surface area contributed by atoms with Crippen LogP contribution in [0.3, 0.4) is 0 Å². The number of hydrogen-bond donors (Lipinski definition) is 1. The van der Waals surface area contributed by atoms with Crippen molar-refractivity contribution in [3.8, 4) is 0 Å². The molecule has 2 heterocycles. The third-order valence-electron chi connectivity index (χ3n) is 3.28. The molecule has 2 atom stereocenters. The average Bonchev–Trinajstić information content (AvgIpc) is 2.59. The molecule has 1 saturated heterocycles. The van der Waals surface area contributed by atoms with Gasteiger partial charge in [-0.1, -0.05) is 5.21 Å². The highest BCUT2D eigenvalue weighted by molar-refractivity contribution is 9.10. The van der Waals surface area contributed by atoms with Gasteiger partial charge in [0.15, 0.2) is 4.60 Å². The average molecular weight is 289 g/mol. The lowest BCUT2D eigenvalue weighted by Gasteiger charge is -2.38. The molecular weight excluding hydrogens is 272 g/mol. The van der Waals surface area contributed by atoms with E-state index in [0.717, 1.165) is 31.6 Å². The van der Waals surface area contributed by atoms with Crippen molar-refractivity contribution in [2.24, 2.45) is 12.8 Å². The van der Waals surface area contributed by atoms with E-state index in [9.17, 15) is 0 Å². The van der Waals surface area contributed by atoms with Gasteiger partial charge < -0.3 is 10.5 Å². The van der Waals surface area contributed by atoms with Crippen molar-refractivity contribution in [1.82, 2.24) is 15.0 Å². The summed E-state index contributed by atoms with van der Waals surface area (Å²) in [6.45, 7) is 2.85. The summed E-state index contributed by atoms with van der Waals surface area (Å²) in [5.74, 6) is 0. The maximum Gasteiger partial charge on any atom is 0.153 e. The first-order valence-corrected chi connectivity index (χ1v) is 6.28. The van der Waals surface area contributed by atoms with Gasteiger partial charge in [-0.05, 0) is 42.1 Å². The number of aryl methyl sites for hydroxylation is 1. The highest BCUT2D eigenvalue weighted by Crippen LogP contribution is 2.36. The van der Waals surface area contributed by atoms with Crippen molar-refractivity contribution in [2.45, 2.75) is 37.8 Å². The third kappa shape index (κ3) is 2.01. The molecule has 6 heteroatoms. The van der Waals surface area contributed by atoms with Crippen LogP contribution in [0, 0.1) is 0 Å². The normalized spacial score (nSPS) is 28.0. The van der Waals surface area contributed by atoms with Crippen LogP contribution in [0.15, 0.2) is 4.60 Å². The van der Waals surface area contributed by atoms with Crippen LogP contribution < -0.4 is 5.73 Å². The van der Waals surface area contributed by atoms with Crippen molar-refractivity contribution >= 4 is 15.9 Å². The fraction of sp³-hybridized carbons (Fsp3) is 0.800. The first kappa shape index (κ1) is 12.0. The molecule has 0 saturated carbocycles. The summed E-state index contributed by atoms with van der Waals surface area (Å²) in [6, 6.07) is -0.206. The van der Waals surface area contributed by atoms with Crippen LogP contribution in [0.4, 0.5) is 0 Å². The van der Waals surface area contributed by atoms with Crippen LogP contribution >= 0.6 is 15.9 Å². The Morgan fingerprint density at radius 1 is 1.56 bits per heavy atom. The zero-order valence-electron chi connectivity index (χ0n) is 9.61. The van der Waals surface area contributed by atoms with E-state index in [0.29, 0.717) is 4.60 Å². The minimum Gasteiger partial charge on any atom is -0.373 e. The van der Waals surface area contributed by atoms with E-state index in [4.69, 9.17) is 10.5 Å². The van der Waals surface area contributed by atoms with E-state index in [1.54, 1.807) is 4.68 Å². The fourth-order valence-electron chi connectivity index (χ4n) is 2.16. The maximum absolute atomic E-state index is 6.29. The molecule has 0 radical (unpaired) electrons. The Hall–Kier alpha value is -0.460. The maximum atomic E-state index is 6.29. The molecule has 5 nitrogen and oxygen atoms in total. The molecule has 0 spiro atoms. The zero-order valence-corrected chi connectivity index (χ0v) is 11.2. The second-order valence-corrected chi connectivity index (χ2v) is 5.24. The van der Waals surface area contributed by atoms with Crippen LogP contribution in [-0.2, 0) is 11.8 Å². The topological polar surface area (TPSA) is 66.0 Å². The second kappa shape index (κ2) is 4.43. The van der Waals surface area contributed by atoms with Crippen LogP contribution in [0.5, 0.6) is 0 Å². The molecule has 0 bridgehead atoms. The van der Waals surface area contributed by atoms with E-state index in [-0.39, 0.29) is 11.6 Å². The summed E-state index contributed by atoms with van der Waals surface area (Å²) in [4.78, 5) is 0. The summed E-state index contributed by atoms with van der Waals surface area (Å²) < 4.78 is 8.26. The summed E-state index contributed by atoms with van der Waals surface area (Å²) in [7, 11) is 1.85. The van der Waals surface area contributed by atoms with Crippen molar-refractivity contribution in [2.75, 3.05) is 6.61 Å². The molecule has 0 amide bonds. The molecule has 2 rings (SSSR count). The van der Waals surface area contributed by atoms with Gasteiger partial charge in [0.2, 0.25) is 0 Å². The van der Waals surface area contributed by atoms with E-state index < -0.39 is 0 Å². The highest BCUT2D eigenvalue weighted by atomic mass is 79.9. The predicted octanol–water partition coefficient (Wildman–Crippen LogP) is 1.54. The monoisotopic (exact) mass is 288 g/mol. The molecule has 1 aliphatic rings. The Bertz CT molecular complexity index is 353. The molecule has 1 fully saturated rings. The van der Waals surface area contributed by atoms with E-state index >= 15 is 0 Å². The number of nitrogens with zero attached hydrogens (tertiary/aromatic N) is 3. The molecule has 2 N–H and O–H groups in total. The van der Waals surface area contributed by atoms with Crippen LogP contribution in [-0.4, -0.2) is 27.2 Å².